The van der Waals surface area contributed by atoms with Crippen LogP contribution in [0.1, 0.15) is 64.3 Å². The van der Waals surface area contributed by atoms with Crippen LogP contribution < -0.4 is 12.0 Å². The summed E-state index contributed by atoms with van der Waals surface area (Å²) in [6.07, 6.45) is 3.81. The molecular formula is C23H31HgSe. The molecule has 2 rings (SSSR count). The predicted octanol–water partition coefficient (Wildman–Crippen LogP) is 4.02. The van der Waals surface area contributed by atoms with Gasteiger partial charge in [-0.25, -0.2) is 0 Å². The van der Waals surface area contributed by atoms with E-state index in [9.17, 15) is 0 Å². The Bertz CT molecular complexity index is 774. The van der Waals surface area contributed by atoms with Gasteiger partial charge in [-0.05, 0) is 0 Å². The van der Waals surface area contributed by atoms with Crippen molar-refractivity contribution in [2.24, 2.45) is 0 Å². The number of unbranched alkanes of at least 4 members (excludes halogenated alkanes) is 1. The van der Waals surface area contributed by atoms with Gasteiger partial charge >= 0.3 is 178 Å². The average molecular weight is 587 g/mol. The van der Waals surface area contributed by atoms with Gasteiger partial charge in [-0.2, -0.15) is 0 Å². The number of aryl methyl sites for hydroxylation is 1. The number of rotatable bonds is 5. The summed E-state index contributed by atoms with van der Waals surface area (Å²) in [5.41, 5.74) is 12.3. The van der Waals surface area contributed by atoms with Crippen molar-refractivity contribution in [1.82, 2.24) is 0 Å². The zero-order chi connectivity index (χ0) is 18.9. The fourth-order valence-electron chi connectivity index (χ4n) is 3.54. The maximum atomic E-state index is 2.49. The van der Waals surface area contributed by atoms with Crippen LogP contribution >= 0.6 is 0 Å². The van der Waals surface area contributed by atoms with Crippen molar-refractivity contribution in [2.75, 3.05) is 0 Å². The molecule has 0 aliphatic heterocycles. The molecule has 0 saturated heterocycles. The molecule has 0 spiro atoms. The van der Waals surface area contributed by atoms with Crippen molar-refractivity contribution in [3.63, 3.8) is 0 Å². The third-order valence-corrected chi connectivity index (χ3v) is 14.7. The summed E-state index contributed by atoms with van der Waals surface area (Å²) in [5.74, 6) is 0. The van der Waals surface area contributed by atoms with Crippen molar-refractivity contribution in [1.29, 1.82) is 0 Å². The van der Waals surface area contributed by atoms with Gasteiger partial charge in [-0.15, -0.1) is 0 Å². The van der Waals surface area contributed by atoms with E-state index in [0.717, 1.165) is 0 Å². The molecule has 0 heterocycles. The van der Waals surface area contributed by atoms with Gasteiger partial charge < -0.3 is 0 Å². The van der Waals surface area contributed by atoms with Gasteiger partial charge in [-0.3, -0.25) is 0 Å². The summed E-state index contributed by atoms with van der Waals surface area (Å²) in [6, 6.07) is 2.49. The van der Waals surface area contributed by atoms with E-state index in [-0.39, 0.29) is 0 Å². The quantitative estimate of drug-likeness (QED) is 0.465. The molecule has 0 atom stereocenters. The van der Waals surface area contributed by atoms with Crippen LogP contribution in [0.15, 0.2) is 6.07 Å². The molecule has 2 heteroatoms. The molecule has 0 aromatic heterocycles. The van der Waals surface area contributed by atoms with Crippen LogP contribution in [0.2, 0.25) is 0 Å². The molecule has 0 fully saturated rings. The van der Waals surface area contributed by atoms with Crippen molar-refractivity contribution in [3.05, 3.63) is 50.6 Å². The van der Waals surface area contributed by atoms with E-state index in [1.807, 2.05) is 0 Å². The van der Waals surface area contributed by atoms with Crippen LogP contribution in [0, 0.1) is 48.5 Å². The van der Waals surface area contributed by atoms with Crippen LogP contribution in [0.4, 0.5) is 0 Å². The summed E-state index contributed by atoms with van der Waals surface area (Å²) >= 11 is 1.10. The third kappa shape index (κ3) is 4.25. The van der Waals surface area contributed by atoms with E-state index in [4.69, 9.17) is 0 Å². The molecular weight excluding hydrogens is 556 g/mol. The summed E-state index contributed by atoms with van der Waals surface area (Å²) in [7, 11) is 0. The summed E-state index contributed by atoms with van der Waals surface area (Å²) in [4.78, 5) is 0. The van der Waals surface area contributed by atoms with Crippen LogP contribution in [0.25, 0.3) is 0 Å². The fraction of sp³-hybridized carbons (Fsp3) is 0.478. The summed E-state index contributed by atoms with van der Waals surface area (Å²) in [5, 5.41) is 0. The van der Waals surface area contributed by atoms with Gasteiger partial charge in [0.1, 0.15) is 0 Å². The first-order valence-corrected chi connectivity index (χ1v) is 13.9. The van der Waals surface area contributed by atoms with Gasteiger partial charge in [0.2, 0.25) is 0 Å². The normalized spacial score (nSPS) is 11.3. The summed E-state index contributed by atoms with van der Waals surface area (Å²) < 4.78 is 4.96. The second-order valence-electron chi connectivity index (χ2n) is 7.43. The average Bonchev–Trinajstić information content (AvgIpc) is 2.59. The van der Waals surface area contributed by atoms with Gasteiger partial charge in [0.25, 0.3) is 0 Å². The van der Waals surface area contributed by atoms with Gasteiger partial charge in [0.15, 0.2) is 0 Å². The number of hydrogen-bond donors (Lipinski definition) is 0. The molecule has 131 valence electrons. The van der Waals surface area contributed by atoms with Crippen molar-refractivity contribution in [2.45, 2.75) is 74.7 Å². The fourth-order valence-corrected chi connectivity index (χ4v) is 9.24. The maximum absolute atomic E-state index is 2.49. The minimum atomic E-state index is 0.424. The molecule has 0 amide bonds. The molecule has 0 unspecified atom stereocenters. The Balaban J connectivity index is 2.55. The number of benzene rings is 2. The van der Waals surface area contributed by atoms with Crippen molar-refractivity contribution in [3.8, 4) is 0 Å². The zero-order valence-corrected chi connectivity index (χ0v) is 24.5. The third-order valence-electron chi connectivity index (χ3n) is 5.96. The molecule has 25 heavy (non-hydrogen) atoms. The number of hydrogen-bond acceptors (Lipinski definition) is 0. The Morgan fingerprint density at radius 3 is 1.88 bits per heavy atom. The van der Waals surface area contributed by atoms with Gasteiger partial charge in [0, 0.05) is 0 Å². The van der Waals surface area contributed by atoms with Crippen molar-refractivity contribution < 1.29 is 26.1 Å². The Morgan fingerprint density at radius 1 is 0.800 bits per heavy atom. The van der Waals surface area contributed by atoms with Crippen LogP contribution in [0.3, 0.4) is 0 Å². The summed E-state index contributed by atoms with van der Waals surface area (Å²) in [6.45, 7) is 18.6. The molecule has 0 N–H and O–H groups in total. The second-order valence-corrected chi connectivity index (χ2v) is 12.4. The SMILES string of the molecule is CCCCc1c(C)c(C)c([Se]c2cc(C)c(C)c(C)[c]2[Hg])c(C)c1C. The Hall–Kier alpha value is -0.105. The second kappa shape index (κ2) is 8.72. The molecule has 2 aromatic rings. The van der Waals surface area contributed by atoms with E-state index in [2.05, 4.69) is 61.5 Å². The molecule has 0 nitrogen and oxygen atoms in total. The molecule has 0 bridgehead atoms. The predicted molar refractivity (Wildman–Crippen MR) is 109 cm³/mol. The van der Waals surface area contributed by atoms with E-state index in [1.54, 1.807) is 45.4 Å². The first-order valence-electron chi connectivity index (χ1n) is 9.40. The Morgan fingerprint density at radius 2 is 1.36 bits per heavy atom. The standard InChI is InChI=1S/C23H31Se.Hg/c1-9-10-11-22-17(5)19(7)23(20(8)18(22)6)24-21-12-14(2)16(4)15(3)13-21;/h12H,9-11H2,1-8H3;. The van der Waals surface area contributed by atoms with Crippen LogP contribution in [0.5, 0.6) is 0 Å². The van der Waals surface area contributed by atoms with E-state index >= 15 is 0 Å². The first-order chi connectivity index (χ1) is 11.7. The molecule has 0 radical (unpaired) electrons. The van der Waals surface area contributed by atoms with Crippen molar-refractivity contribution >= 4 is 27.0 Å². The van der Waals surface area contributed by atoms with E-state index in [1.165, 1.54) is 30.4 Å². The molecule has 0 aliphatic carbocycles. The van der Waals surface area contributed by atoms with Crippen LogP contribution in [-0.4, -0.2) is 15.0 Å². The van der Waals surface area contributed by atoms with E-state index in [0.29, 0.717) is 41.1 Å². The molecule has 0 aliphatic rings. The topological polar surface area (TPSA) is 0 Å². The Labute approximate surface area is 177 Å². The molecule has 0 saturated carbocycles. The zero-order valence-electron chi connectivity index (χ0n) is 17.3. The van der Waals surface area contributed by atoms with Crippen LogP contribution in [-0.2, 0) is 32.5 Å². The minimum absolute atomic E-state index is 0.424. The van der Waals surface area contributed by atoms with Gasteiger partial charge in [0.05, 0.1) is 0 Å². The Kier molecular flexibility index (Phi) is 7.40. The monoisotopic (exact) mass is 589 g/mol. The van der Waals surface area contributed by atoms with Gasteiger partial charge in [-0.1, -0.05) is 0 Å². The van der Waals surface area contributed by atoms with E-state index < -0.39 is 0 Å². The molecule has 2 aromatic carbocycles. The first kappa shape index (κ1) is 21.2.